The summed E-state index contributed by atoms with van der Waals surface area (Å²) in [5.41, 5.74) is 1.20. The van der Waals surface area contributed by atoms with Crippen LogP contribution in [-0.2, 0) is 24.8 Å². The third kappa shape index (κ3) is 9.02. The molecular weight excluding hydrogens is 597 g/mol. The Morgan fingerprint density at radius 2 is 1.62 bits per heavy atom. The van der Waals surface area contributed by atoms with Gasteiger partial charge in [0.15, 0.2) is 0 Å². The fourth-order valence-corrected chi connectivity index (χ4v) is 5.19. The summed E-state index contributed by atoms with van der Waals surface area (Å²) in [5.74, 6) is -1.19. The van der Waals surface area contributed by atoms with Gasteiger partial charge in [0, 0.05) is 23.8 Å². The van der Waals surface area contributed by atoms with E-state index in [0.717, 1.165) is 12.1 Å². The van der Waals surface area contributed by atoms with Crippen LogP contribution < -0.4 is 15.4 Å². The molecule has 0 unspecified atom stereocenters. The maximum Gasteiger partial charge on any atom is 0.573 e. The van der Waals surface area contributed by atoms with Crippen molar-refractivity contribution in [3.8, 4) is 5.75 Å². The molecule has 2 aromatic carbocycles. The molecule has 0 aliphatic carbocycles. The molecule has 2 aromatic heterocycles. The zero-order valence-corrected chi connectivity index (χ0v) is 23.0. The van der Waals surface area contributed by atoms with Gasteiger partial charge in [-0.05, 0) is 66.2 Å². The Kier molecular flexibility index (Phi) is 9.77. The molecule has 0 spiro atoms. The first kappa shape index (κ1) is 30.5. The number of anilines is 2. The highest BCUT2D eigenvalue weighted by molar-refractivity contribution is 7.98. The molecule has 42 heavy (non-hydrogen) atoms. The zero-order valence-electron chi connectivity index (χ0n) is 21.4. The number of thioether (sulfide) groups is 1. The zero-order chi connectivity index (χ0) is 30.2. The van der Waals surface area contributed by atoms with E-state index in [2.05, 4.69) is 25.3 Å². The molecule has 218 valence electrons. The predicted molar refractivity (Wildman–Crippen MR) is 147 cm³/mol. The number of aromatic nitrogens is 2. The van der Waals surface area contributed by atoms with Gasteiger partial charge in [0.25, 0.3) is 21.9 Å². The second-order valence-electron chi connectivity index (χ2n) is 8.30. The molecule has 10 nitrogen and oxygen atoms in total. The number of benzene rings is 2. The molecule has 2 N–H and O–H groups in total. The molecular formula is C27H21F3N4O6S2. The Bertz CT molecular complexity index is 1650. The third-order valence-corrected chi connectivity index (χ3v) is 7.56. The van der Waals surface area contributed by atoms with Gasteiger partial charge in [0.1, 0.15) is 23.2 Å². The summed E-state index contributed by atoms with van der Waals surface area (Å²) in [6.45, 7) is -0.748. The number of nitrogens with zero attached hydrogens (tertiary/aromatic N) is 2. The van der Waals surface area contributed by atoms with Gasteiger partial charge >= 0.3 is 6.36 Å². The van der Waals surface area contributed by atoms with Crippen molar-refractivity contribution in [1.29, 1.82) is 0 Å². The van der Waals surface area contributed by atoms with E-state index in [1.165, 1.54) is 60.6 Å². The van der Waals surface area contributed by atoms with Gasteiger partial charge in [-0.2, -0.15) is 8.42 Å². The van der Waals surface area contributed by atoms with E-state index in [0.29, 0.717) is 16.3 Å². The fourth-order valence-electron chi connectivity index (χ4n) is 3.37. The molecule has 4 rings (SSSR count). The lowest BCUT2D eigenvalue weighted by atomic mass is 10.2. The first-order valence-corrected chi connectivity index (χ1v) is 14.3. The number of hydrogen-bond acceptors (Lipinski definition) is 9. The molecule has 4 aromatic rings. The number of carbonyl (C=O) groups excluding carboxylic acids is 2. The first-order valence-electron chi connectivity index (χ1n) is 11.9. The van der Waals surface area contributed by atoms with E-state index in [1.54, 1.807) is 30.3 Å². The SMILES string of the molecule is O=C(COS(=O)(=O)c1ccccc1)Nc1cc(CSc2ncccc2C(=O)Nc2ccc(OC(F)(F)F)cc2)ccn1. The van der Waals surface area contributed by atoms with Crippen LogP contribution in [0.3, 0.4) is 0 Å². The van der Waals surface area contributed by atoms with Crippen molar-refractivity contribution in [2.24, 2.45) is 0 Å². The standard InChI is InChI=1S/C27H21F3N4O6S2/c28-27(29,30)40-20-10-8-19(9-11-20)33-25(36)22-7-4-13-32-26(22)41-17-18-12-14-31-23(15-18)34-24(35)16-39-42(37,38)21-5-2-1-3-6-21/h1-15H,16-17H2,(H,33,36)(H,31,34,35). The number of pyridine rings is 2. The smallest absolute Gasteiger partial charge is 0.406 e. The van der Waals surface area contributed by atoms with Crippen molar-refractivity contribution < 1.29 is 40.1 Å². The van der Waals surface area contributed by atoms with E-state index >= 15 is 0 Å². The average Bonchev–Trinajstić information content (AvgIpc) is 2.96. The number of hydrogen-bond donors (Lipinski definition) is 2. The molecule has 15 heteroatoms. The van der Waals surface area contributed by atoms with E-state index in [-0.39, 0.29) is 22.0 Å². The van der Waals surface area contributed by atoms with Gasteiger partial charge < -0.3 is 15.4 Å². The van der Waals surface area contributed by atoms with E-state index in [9.17, 15) is 31.2 Å². The van der Waals surface area contributed by atoms with Gasteiger partial charge in [-0.15, -0.1) is 24.9 Å². The highest BCUT2D eigenvalue weighted by Crippen LogP contribution is 2.27. The lowest BCUT2D eigenvalue weighted by Crippen LogP contribution is -2.21. The number of ether oxygens (including phenoxy) is 1. The van der Waals surface area contributed by atoms with Crippen LogP contribution in [0.4, 0.5) is 24.7 Å². The summed E-state index contributed by atoms with van der Waals surface area (Å²) in [6, 6.07) is 18.5. The molecule has 0 radical (unpaired) electrons. The van der Waals surface area contributed by atoms with Crippen molar-refractivity contribution >= 4 is 45.2 Å². The van der Waals surface area contributed by atoms with Gasteiger partial charge in [-0.25, -0.2) is 9.97 Å². The minimum atomic E-state index is -4.83. The average molecular weight is 619 g/mol. The molecule has 0 saturated carbocycles. The van der Waals surface area contributed by atoms with Crippen LogP contribution in [0.1, 0.15) is 15.9 Å². The quantitative estimate of drug-likeness (QED) is 0.170. The van der Waals surface area contributed by atoms with Crippen LogP contribution in [0.2, 0.25) is 0 Å². The van der Waals surface area contributed by atoms with Crippen LogP contribution in [0.5, 0.6) is 5.75 Å². The van der Waals surface area contributed by atoms with Crippen LogP contribution in [0, 0.1) is 0 Å². The second kappa shape index (κ2) is 13.5. The first-order chi connectivity index (χ1) is 20.0. The Labute approximate surface area is 242 Å². The van der Waals surface area contributed by atoms with Gasteiger partial charge in [0.2, 0.25) is 0 Å². The minimum absolute atomic E-state index is 0.0778. The Morgan fingerprint density at radius 1 is 0.881 bits per heavy atom. The summed E-state index contributed by atoms with van der Waals surface area (Å²) in [7, 11) is -4.11. The number of halogens is 3. The molecule has 0 aliphatic heterocycles. The normalized spacial score (nSPS) is 11.5. The molecule has 2 heterocycles. The number of carbonyl (C=O) groups is 2. The van der Waals surface area contributed by atoms with E-state index in [4.69, 9.17) is 4.18 Å². The maximum absolute atomic E-state index is 12.9. The summed E-state index contributed by atoms with van der Waals surface area (Å²) < 4.78 is 70.2. The fraction of sp³-hybridized carbons (Fsp3) is 0.111. The van der Waals surface area contributed by atoms with Crippen molar-refractivity contribution in [1.82, 2.24) is 9.97 Å². The lowest BCUT2D eigenvalue weighted by molar-refractivity contribution is -0.274. The highest BCUT2D eigenvalue weighted by Gasteiger charge is 2.31. The van der Waals surface area contributed by atoms with Gasteiger partial charge in [-0.1, -0.05) is 18.2 Å². The predicted octanol–water partition coefficient (Wildman–Crippen LogP) is 5.26. The van der Waals surface area contributed by atoms with Crippen LogP contribution in [0.25, 0.3) is 0 Å². The number of nitrogens with one attached hydrogen (secondary N) is 2. The largest absolute Gasteiger partial charge is 0.573 e. The summed E-state index contributed by atoms with van der Waals surface area (Å²) in [4.78, 5) is 33.4. The third-order valence-electron chi connectivity index (χ3n) is 5.21. The van der Waals surface area contributed by atoms with Crippen LogP contribution >= 0.6 is 11.8 Å². The Morgan fingerprint density at radius 3 is 2.33 bits per heavy atom. The Hall–Kier alpha value is -4.47. The molecule has 0 atom stereocenters. The van der Waals surface area contributed by atoms with E-state index in [1.807, 2.05) is 0 Å². The number of rotatable bonds is 11. The number of alkyl halides is 3. The summed E-state index contributed by atoms with van der Waals surface area (Å²) in [5, 5.41) is 5.47. The molecule has 0 saturated heterocycles. The van der Waals surface area contributed by atoms with Crippen molar-refractivity contribution in [2.45, 2.75) is 22.0 Å². The molecule has 0 fully saturated rings. The van der Waals surface area contributed by atoms with E-state index < -0.39 is 40.7 Å². The number of amides is 2. The van der Waals surface area contributed by atoms with Gasteiger partial charge in [-0.3, -0.25) is 13.8 Å². The molecule has 2 amide bonds. The lowest BCUT2D eigenvalue weighted by Gasteiger charge is -2.11. The maximum atomic E-state index is 12.9. The topological polar surface area (TPSA) is 137 Å². The summed E-state index contributed by atoms with van der Waals surface area (Å²) in [6.07, 6.45) is -1.87. The van der Waals surface area contributed by atoms with Crippen molar-refractivity contribution in [2.75, 3.05) is 17.2 Å². The van der Waals surface area contributed by atoms with Crippen LogP contribution in [0.15, 0.2) is 101 Å². The monoisotopic (exact) mass is 618 g/mol. The van der Waals surface area contributed by atoms with Crippen LogP contribution in [-0.4, -0.2) is 43.2 Å². The molecule has 0 aliphatic rings. The minimum Gasteiger partial charge on any atom is -0.406 e. The van der Waals surface area contributed by atoms with Gasteiger partial charge in [0.05, 0.1) is 10.5 Å². The molecule has 0 bridgehead atoms. The van der Waals surface area contributed by atoms with Crippen molar-refractivity contribution in [3.63, 3.8) is 0 Å². The Balaban J connectivity index is 1.33. The van der Waals surface area contributed by atoms with Crippen molar-refractivity contribution in [3.05, 3.63) is 102 Å². The second-order valence-corrected chi connectivity index (χ2v) is 10.9. The highest BCUT2D eigenvalue weighted by atomic mass is 32.2. The summed E-state index contributed by atoms with van der Waals surface area (Å²) >= 11 is 1.23.